The van der Waals surface area contributed by atoms with E-state index in [0.29, 0.717) is 16.2 Å². The smallest absolute Gasteiger partial charge is 0.358 e. The summed E-state index contributed by atoms with van der Waals surface area (Å²) in [6.07, 6.45) is 17.0. The monoisotopic (exact) mass is 405 g/mol. The normalized spacial score (nSPS) is 48.0. The number of hydrogen-bond acceptors (Lipinski definition) is 0. The van der Waals surface area contributed by atoms with Gasteiger partial charge in [-0.2, -0.15) is 6.42 Å². The third kappa shape index (κ3) is 2.90. The van der Waals surface area contributed by atoms with Crippen molar-refractivity contribution in [2.45, 2.75) is 91.9 Å². The van der Waals surface area contributed by atoms with E-state index in [-0.39, 0.29) is 24.5 Å². The molecule has 0 aliphatic heterocycles. The van der Waals surface area contributed by atoms with Gasteiger partial charge in [0.2, 0.25) is 0 Å². The molecule has 0 spiro atoms. The van der Waals surface area contributed by atoms with Gasteiger partial charge in [0.15, 0.2) is 0 Å². The van der Waals surface area contributed by atoms with E-state index in [1.807, 2.05) is 5.57 Å². The minimum Gasteiger partial charge on any atom is -0.358 e. The van der Waals surface area contributed by atoms with Gasteiger partial charge in [-0.15, -0.1) is 0 Å². The van der Waals surface area contributed by atoms with Gasteiger partial charge in [-0.3, -0.25) is 0 Å². The Bertz CT molecular complexity index is 536. The number of hydrogen-bond donors (Lipinski definition) is 0. The molecular formula is C25H42Cu. The zero-order valence-corrected chi connectivity index (χ0v) is 18.9. The van der Waals surface area contributed by atoms with Crippen molar-refractivity contribution in [2.24, 2.45) is 39.9 Å². The summed E-state index contributed by atoms with van der Waals surface area (Å²) in [6.45, 7) is 14.6. The van der Waals surface area contributed by atoms with Crippen LogP contribution in [0.2, 0.25) is 0 Å². The summed E-state index contributed by atoms with van der Waals surface area (Å²) in [6, 6.07) is 0. The minimum absolute atomic E-state index is 0. The van der Waals surface area contributed by atoms with E-state index in [9.17, 15) is 0 Å². The molecule has 26 heavy (non-hydrogen) atoms. The molecule has 4 aliphatic carbocycles. The van der Waals surface area contributed by atoms with Crippen molar-refractivity contribution in [1.82, 2.24) is 0 Å². The second kappa shape index (κ2) is 7.59. The van der Waals surface area contributed by atoms with Crippen molar-refractivity contribution in [2.75, 3.05) is 0 Å². The Morgan fingerprint density at radius 1 is 1.08 bits per heavy atom. The van der Waals surface area contributed by atoms with Crippen LogP contribution in [-0.4, -0.2) is 0 Å². The summed E-state index contributed by atoms with van der Waals surface area (Å²) in [7, 11) is 0. The predicted octanol–water partition coefficient (Wildman–Crippen LogP) is 7.65. The van der Waals surface area contributed by atoms with Gasteiger partial charge >= 0.3 is 17.1 Å². The van der Waals surface area contributed by atoms with Crippen molar-refractivity contribution < 1.29 is 17.1 Å². The molecule has 1 radical (unpaired) electrons. The third-order valence-corrected chi connectivity index (χ3v) is 9.90. The van der Waals surface area contributed by atoms with E-state index >= 15 is 0 Å². The average molecular weight is 406 g/mol. The van der Waals surface area contributed by atoms with Crippen LogP contribution in [0.15, 0.2) is 11.6 Å². The van der Waals surface area contributed by atoms with Crippen molar-refractivity contribution in [1.29, 1.82) is 0 Å². The van der Waals surface area contributed by atoms with Crippen LogP contribution in [0.1, 0.15) is 91.9 Å². The van der Waals surface area contributed by atoms with Gasteiger partial charge in [-0.05, 0) is 78.9 Å². The Balaban J connectivity index is 0.00000121. The standard InChI is InChI=1S/C24H39.CH3.Cu/c1-6-17(2)19-9-10-20-18-11-15-22(3)13-7-8-14-24(22,5)21(18)12-16-23(19,20)4;;/h12,17-20H,1,6-11,13-16H2,2-5H3;1H3;/q2*-1;+2/t17-,18?,19-,20?,22+,23-,24?;;/m1../s1. The number of fused-ring (bicyclic) bond motifs is 5. The Labute approximate surface area is 174 Å². The molecule has 3 saturated carbocycles. The van der Waals surface area contributed by atoms with Crippen molar-refractivity contribution in [3.8, 4) is 0 Å². The molecule has 0 N–H and O–H groups in total. The predicted molar refractivity (Wildman–Crippen MR) is 110 cm³/mol. The van der Waals surface area contributed by atoms with Crippen LogP contribution in [-0.2, 0) is 17.1 Å². The molecule has 0 bridgehead atoms. The molecule has 0 heterocycles. The molecule has 0 amide bonds. The molecule has 4 rings (SSSR count). The summed E-state index contributed by atoms with van der Waals surface area (Å²) in [5.74, 6) is 3.57. The van der Waals surface area contributed by atoms with E-state index in [1.165, 1.54) is 57.8 Å². The molecule has 3 unspecified atom stereocenters. The van der Waals surface area contributed by atoms with E-state index in [4.69, 9.17) is 0 Å². The molecule has 4 aliphatic rings. The zero-order valence-electron chi connectivity index (χ0n) is 18.0. The molecule has 0 aromatic carbocycles. The third-order valence-electron chi connectivity index (χ3n) is 9.90. The largest absolute Gasteiger partial charge is 2.00 e. The Hall–Kier alpha value is 0.259. The van der Waals surface area contributed by atoms with Gasteiger partial charge in [-0.25, -0.2) is 0 Å². The van der Waals surface area contributed by atoms with Crippen LogP contribution >= 0.6 is 0 Å². The van der Waals surface area contributed by atoms with Gasteiger partial charge in [0.25, 0.3) is 0 Å². The van der Waals surface area contributed by atoms with Crippen LogP contribution < -0.4 is 0 Å². The van der Waals surface area contributed by atoms with Crippen LogP contribution in [0.3, 0.4) is 0 Å². The Morgan fingerprint density at radius 3 is 2.46 bits per heavy atom. The Morgan fingerprint density at radius 2 is 1.77 bits per heavy atom. The minimum atomic E-state index is 0. The summed E-state index contributed by atoms with van der Waals surface area (Å²) < 4.78 is 0. The fraction of sp³-hybridized carbons (Fsp3) is 0.840. The first-order chi connectivity index (χ1) is 11.4. The first-order valence-electron chi connectivity index (χ1n) is 10.9. The summed E-state index contributed by atoms with van der Waals surface area (Å²) in [4.78, 5) is 0. The SMILES string of the molecule is [CH2-]C[C@@H](C)[C@H]1CCC2C3CC[C@]4(C)CCCCC4(C)C3=CC[C@@]21C.[CH3-].[Cu+2]. The summed E-state index contributed by atoms with van der Waals surface area (Å²) in [5.41, 5.74) is 3.57. The van der Waals surface area contributed by atoms with Crippen molar-refractivity contribution in [3.05, 3.63) is 26.0 Å². The maximum absolute atomic E-state index is 4.24. The molecule has 0 aromatic rings. The topological polar surface area (TPSA) is 0 Å². The van der Waals surface area contributed by atoms with Gasteiger partial charge in [0.05, 0.1) is 0 Å². The maximum atomic E-state index is 4.24. The molecule has 7 atom stereocenters. The van der Waals surface area contributed by atoms with E-state index in [2.05, 4.69) is 40.7 Å². The van der Waals surface area contributed by atoms with Gasteiger partial charge in [0.1, 0.15) is 0 Å². The number of allylic oxidation sites excluding steroid dienone is 2. The summed E-state index contributed by atoms with van der Waals surface area (Å²) in [5, 5.41) is 0. The van der Waals surface area contributed by atoms with Crippen molar-refractivity contribution >= 4 is 0 Å². The van der Waals surface area contributed by atoms with Gasteiger partial charge in [0, 0.05) is 0 Å². The van der Waals surface area contributed by atoms with Crippen molar-refractivity contribution in [3.63, 3.8) is 0 Å². The average Bonchev–Trinajstić information content (AvgIpc) is 2.92. The van der Waals surface area contributed by atoms with E-state index in [1.54, 1.807) is 0 Å². The van der Waals surface area contributed by atoms with Crippen LogP contribution in [0.25, 0.3) is 0 Å². The van der Waals surface area contributed by atoms with Gasteiger partial charge < -0.3 is 14.4 Å². The van der Waals surface area contributed by atoms with E-state index in [0.717, 1.165) is 30.1 Å². The zero-order chi connectivity index (χ0) is 17.2. The second-order valence-electron chi connectivity index (χ2n) is 10.7. The molecule has 0 saturated heterocycles. The molecular weight excluding hydrogens is 364 g/mol. The Kier molecular flexibility index (Phi) is 6.58. The van der Waals surface area contributed by atoms with Crippen LogP contribution in [0.5, 0.6) is 0 Å². The molecule has 153 valence electrons. The molecule has 0 aromatic heterocycles. The second-order valence-corrected chi connectivity index (χ2v) is 10.7. The molecule has 3 fully saturated rings. The fourth-order valence-electron chi connectivity index (χ4n) is 8.02. The first kappa shape index (κ1) is 22.5. The fourth-order valence-corrected chi connectivity index (χ4v) is 8.02. The summed E-state index contributed by atoms with van der Waals surface area (Å²) >= 11 is 0. The quantitative estimate of drug-likeness (QED) is 0.251. The van der Waals surface area contributed by atoms with Crippen LogP contribution in [0, 0.1) is 54.3 Å². The van der Waals surface area contributed by atoms with E-state index < -0.39 is 0 Å². The molecule has 1 heteroatoms. The van der Waals surface area contributed by atoms with Crippen LogP contribution in [0.4, 0.5) is 0 Å². The first-order valence-corrected chi connectivity index (χ1v) is 10.9. The maximum Gasteiger partial charge on any atom is 2.00 e. The number of rotatable bonds is 2. The van der Waals surface area contributed by atoms with Gasteiger partial charge in [-0.1, -0.05) is 58.1 Å². The molecule has 0 nitrogen and oxygen atoms in total.